The second-order valence-corrected chi connectivity index (χ2v) is 3.80. The molecule has 0 radical (unpaired) electrons. The third kappa shape index (κ3) is 3.48. The number of nitrogens with two attached hydrogens (primary N) is 1. The molecule has 0 saturated heterocycles. The van der Waals surface area contributed by atoms with Crippen molar-refractivity contribution in [2.45, 2.75) is 6.54 Å². The maximum Gasteiger partial charge on any atom is 0.193 e. The number of rotatable bonds is 3. The van der Waals surface area contributed by atoms with Crippen molar-refractivity contribution in [1.82, 2.24) is 10.3 Å². The largest absolute Gasteiger partial charge is 0.399 e. The van der Waals surface area contributed by atoms with Crippen LogP contribution in [0.25, 0.3) is 0 Å². The van der Waals surface area contributed by atoms with Gasteiger partial charge in [0, 0.05) is 17.6 Å². The molecule has 18 heavy (non-hydrogen) atoms. The molecule has 0 aliphatic heterocycles. The second kappa shape index (κ2) is 5.67. The fourth-order valence-electron chi connectivity index (χ4n) is 1.44. The standard InChI is InChI=1S/C13H15N5/c14-10-4-6-11(7-5-10)18-13(15)17-9-12-3-1-2-8-16-12/h1-8H,9,14H2,(H3,15,17,18). The predicted octanol–water partition coefficient (Wildman–Crippen LogP) is 1.80. The highest BCUT2D eigenvalue weighted by atomic mass is 15.1. The van der Waals surface area contributed by atoms with Gasteiger partial charge in [0.05, 0.1) is 12.2 Å². The van der Waals surface area contributed by atoms with E-state index in [1.54, 1.807) is 18.3 Å². The molecule has 5 N–H and O–H groups in total. The van der Waals surface area contributed by atoms with E-state index in [1.807, 2.05) is 30.3 Å². The van der Waals surface area contributed by atoms with Crippen molar-refractivity contribution in [3.8, 4) is 0 Å². The third-order valence-electron chi connectivity index (χ3n) is 2.35. The van der Waals surface area contributed by atoms with Crippen molar-refractivity contribution in [2.24, 2.45) is 0 Å². The topological polar surface area (TPSA) is 86.8 Å². The first-order valence-corrected chi connectivity index (χ1v) is 5.59. The van der Waals surface area contributed by atoms with Gasteiger partial charge in [0.25, 0.3) is 0 Å². The highest BCUT2D eigenvalue weighted by Crippen LogP contribution is 2.09. The summed E-state index contributed by atoms with van der Waals surface area (Å²) in [6.07, 6.45) is 1.73. The number of hydrogen-bond donors (Lipinski definition) is 4. The zero-order valence-corrected chi connectivity index (χ0v) is 9.85. The summed E-state index contributed by atoms with van der Waals surface area (Å²) in [7, 11) is 0. The highest BCUT2D eigenvalue weighted by Gasteiger charge is 1.98. The van der Waals surface area contributed by atoms with E-state index in [4.69, 9.17) is 11.1 Å². The summed E-state index contributed by atoms with van der Waals surface area (Å²) in [5, 5.41) is 13.6. The number of anilines is 2. The van der Waals surface area contributed by atoms with Crippen LogP contribution in [0.3, 0.4) is 0 Å². The molecule has 5 nitrogen and oxygen atoms in total. The molecular weight excluding hydrogens is 226 g/mol. The lowest BCUT2D eigenvalue weighted by molar-refractivity contribution is 0.866. The Kier molecular flexibility index (Phi) is 3.76. The zero-order chi connectivity index (χ0) is 12.8. The summed E-state index contributed by atoms with van der Waals surface area (Å²) < 4.78 is 0. The minimum Gasteiger partial charge on any atom is -0.399 e. The molecule has 5 heteroatoms. The fourth-order valence-corrected chi connectivity index (χ4v) is 1.44. The van der Waals surface area contributed by atoms with E-state index in [1.165, 1.54) is 0 Å². The summed E-state index contributed by atoms with van der Waals surface area (Å²) in [5.74, 6) is 0.227. The fraction of sp³-hybridized carbons (Fsp3) is 0.0769. The Bertz CT molecular complexity index is 507. The Labute approximate surface area is 106 Å². The van der Waals surface area contributed by atoms with Gasteiger partial charge in [-0.05, 0) is 36.4 Å². The van der Waals surface area contributed by atoms with E-state index in [0.717, 1.165) is 11.4 Å². The second-order valence-electron chi connectivity index (χ2n) is 3.80. The molecule has 0 aliphatic carbocycles. The number of hydrogen-bond acceptors (Lipinski definition) is 3. The Hall–Kier alpha value is -2.56. The third-order valence-corrected chi connectivity index (χ3v) is 2.35. The first kappa shape index (κ1) is 11.9. The van der Waals surface area contributed by atoms with Crippen LogP contribution < -0.4 is 16.4 Å². The minimum absolute atomic E-state index is 0.227. The van der Waals surface area contributed by atoms with Crippen LogP contribution in [0.5, 0.6) is 0 Å². The van der Waals surface area contributed by atoms with Crippen LogP contribution in [0.4, 0.5) is 11.4 Å². The lowest BCUT2D eigenvalue weighted by Gasteiger charge is -2.10. The number of nitrogens with one attached hydrogen (secondary N) is 3. The molecule has 0 spiro atoms. The molecule has 2 aromatic rings. The van der Waals surface area contributed by atoms with Crippen LogP contribution in [0.2, 0.25) is 0 Å². The number of aromatic nitrogens is 1. The van der Waals surface area contributed by atoms with E-state index in [9.17, 15) is 0 Å². The lowest BCUT2D eigenvalue weighted by Crippen LogP contribution is -2.29. The molecule has 0 bridgehead atoms. The van der Waals surface area contributed by atoms with E-state index < -0.39 is 0 Å². The van der Waals surface area contributed by atoms with Gasteiger partial charge in [0.2, 0.25) is 0 Å². The zero-order valence-electron chi connectivity index (χ0n) is 9.85. The summed E-state index contributed by atoms with van der Waals surface area (Å²) >= 11 is 0. The van der Waals surface area contributed by atoms with Crippen LogP contribution in [0.15, 0.2) is 48.7 Å². The molecule has 1 heterocycles. The molecule has 0 fully saturated rings. The first-order chi connectivity index (χ1) is 8.74. The lowest BCUT2D eigenvalue weighted by atomic mass is 10.3. The first-order valence-electron chi connectivity index (χ1n) is 5.59. The maximum atomic E-state index is 7.75. The van der Waals surface area contributed by atoms with Gasteiger partial charge in [0.1, 0.15) is 0 Å². The minimum atomic E-state index is 0.227. The Morgan fingerprint density at radius 1 is 1.17 bits per heavy atom. The molecule has 0 amide bonds. The van der Waals surface area contributed by atoms with Crippen molar-refractivity contribution in [1.29, 1.82) is 5.41 Å². The van der Waals surface area contributed by atoms with Crippen LogP contribution in [-0.4, -0.2) is 10.9 Å². The molecule has 92 valence electrons. The van der Waals surface area contributed by atoms with E-state index in [0.29, 0.717) is 12.2 Å². The Morgan fingerprint density at radius 2 is 1.94 bits per heavy atom. The van der Waals surface area contributed by atoms with Gasteiger partial charge >= 0.3 is 0 Å². The van der Waals surface area contributed by atoms with Crippen molar-refractivity contribution in [3.63, 3.8) is 0 Å². The van der Waals surface area contributed by atoms with Crippen molar-refractivity contribution >= 4 is 17.3 Å². The maximum absolute atomic E-state index is 7.75. The normalized spacial score (nSPS) is 9.78. The number of guanidine groups is 1. The molecule has 0 aliphatic rings. The van der Waals surface area contributed by atoms with Crippen LogP contribution in [0, 0.1) is 5.41 Å². The summed E-state index contributed by atoms with van der Waals surface area (Å²) in [4.78, 5) is 4.17. The Morgan fingerprint density at radius 3 is 2.61 bits per heavy atom. The van der Waals surface area contributed by atoms with E-state index >= 15 is 0 Å². The van der Waals surface area contributed by atoms with Gasteiger partial charge < -0.3 is 16.4 Å². The monoisotopic (exact) mass is 241 g/mol. The summed E-state index contributed by atoms with van der Waals surface area (Å²) in [5.41, 5.74) is 8.00. The van der Waals surface area contributed by atoms with Gasteiger partial charge in [-0.15, -0.1) is 0 Å². The van der Waals surface area contributed by atoms with Gasteiger partial charge in [-0.3, -0.25) is 10.4 Å². The molecular formula is C13H15N5. The SMILES string of the molecule is N=C(NCc1ccccn1)Nc1ccc(N)cc1. The van der Waals surface area contributed by atoms with Crippen LogP contribution in [-0.2, 0) is 6.54 Å². The van der Waals surface area contributed by atoms with Crippen molar-refractivity contribution in [2.75, 3.05) is 11.1 Å². The molecule has 0 saturated carbocycles. The number of pyridine rings is 1. The highest BCUT2D eigenvalue weighted by molar-refractivity contribution is 5.91. The van der Waals surface area contributed by atoms with Crippen LogP contribution >= 0.6 is 0 Å². The Balaban J connectivity index is 1.84. The molecule has 1 aromatic carbocycles. The summed E-state index contributed by atoms with van der Waals surface area (Å²) in [6.45, 7) is 0.516. The smallest absolute Gasteiger partial charge is 0.193 e. The quantitative estimate of drug-likeness (QED) is 0.375. The van der Waals surface area contributed by atoms with Gasteiger partial charge in [0.15, 0.2) is 5.96 Å². The average molecular weight is 241 g/mol. The molecule has 1 aromatic heterocycles. The number of nitrogens with zero attached hydrogens (tertiary/aromatic N) is 1. The molecule has 0 unspecified atom stereocenters. The average Bonchev–Trinajstić information content (AvgIpc) is 2.40. The van der Waals surface area contributed by atoms with Gasteiger partial charge in [-0.1, -0.05) is 6.07 Å². The van der Waals surface area contributed by atoms with E-state index in [2.05, 4.69) is 15.6 Å². The van der Waals surface area contributed by atoms with E-state index in [-0.39, 0.29) is 5.96 Å². The summed E-state index contributed by atoms with van der Waals surface area (Å²) in [6, 6.07) is 12.9. The molecule has 2 rings (SSSR count). The number of benzene rings is 1. The van der Waals surface area contributed by atoms with Gasteiger partial charge in [-0.2, -0.15) is 0 Å². The van der Waals surface area contributed by atoms with Crippen molar-refractivity contribution in [3.05, 3.63) is 54.4 Å². The number of nitrogen functional groups attached to an aromatic ring is 1. The van der Waals surface area contributed by atoms with Gasteiger partial charge in [-0.25, -0.2) is 0 Å². The van der Waals surface area contributed by atoms with Crippen molar-refractivity contribution < 1.29 is 0 Å². The molecule has 0 atom stereocenters. The van der Waals surface area contributed by atoms with Crippen LogP contribution in [0.1, 0.15) is 5.69 Å². The predicted molar refractivity (Wildman–Crippen MR) is 73.3 cm³/mol.